The Morgan fingerprint density at radius 3 is 2.54 bits per heavy atom. The molecule has 0 spiro atoms. The van der Waals surface area contributed by atoms with E-state index in [1.165, 1.54) is 20.0 Å². The minimum atomic E-state index is -1.34. The number of fused-ring (bicyclic) bond motifs is 1. The van der Waals surface area contributed by atoms with Crippen LogP contribution in [0.3, 0.4) is 0 Å². The van der Waals surface area contributed by atoms with Gasteiger partial charge in [0.1, 0.15) is 17.2 Å². The fraction of sp³-hybridized carbons (Fsp3) is 0.308. The van der Waals surface area contributed by atoms with Gasteiger partial charge in [-0.15, -0.1) is 10.2 Å². The van der Waals surface area contributed by atoms with Gasteiger partial charge in [-0.3, -0.25) is 14.6 Å². The smallest absolute Gasteiger partial charge is 0.273 e. The SMILES string of the molecule is CC(C)n1[nH]c(=O)c2ccc(Nc3ncc(-c4nnc(C(C)(C)O)o4)c(N[C@H](CO)c4ccccc4)n3)nc21. The number of aromatic nitrogens is 7. The number of aliphatic hydroxyl groups excluding tert-OH is 1. The van der Waals surface area contributed by atoms with Gasteiger partial charge in [0.2, 0.25) is 11.8 Å². The number of rotatable bonds is 9. The predicted octanol–water partition coefficient (Wildman–Crippen LogP) is 3.26. The number of H-pyrrole nitrogens is 1. The number of nitrogens with one attached hydrogen (secondary N) is 3. The van der Waals surface area contributed by atoms with Gasteiger partial charge in [0.25, 0.3) is 11.4 Å². The monoisotopic (exact) mass is 531 g/mol. The van der Waals surface area contributed by atoms with Crippen LogP contribution < -0.4 is 16.2 Å². The molecule has 0 saturated carbocycles. The number of nitrogens with zero attached hydrogens (tertiary/aromatic N) is 6. The van der Waals surface area contributed by atoms with E-state index in [0.29, 0.717) is 28.2 Å². The summed E-state index contributed by atoms with van der Waals surface area (Å²) in [7, 11) is 0. The molecule has 0 aliphatic carbocycles. The van der Waals surface area contributed by atoms with E-state index in [4.69, 9.17) is 4.42 Å². The third-order valence-electron chi connectivity index (χ3n) is 5.99. The van der Waals surface area contributed by atoms with Crippen LogP contribution in [-0.4, -0.2) is 51.7 Å². The zero-order chi connectivity index (χ0) is 27.7. The first kappa shape index (κ1) is 26.0. The lowest BCUT2D eigenvalue weighted by atomic mass is 10.1. The highest BCUT2D eigenvalue weighted by Gasteiger charge is 2.26. The van der Waals surface area contributed by atoms with Gasteiger partial charge in [-0.05, 0) is 45.4 Å². The van der Waals surface area contributed by atoms with Crippen LogP contribution in [0, 0.1) is 0 Å². The second-order valence-electron chi connectivity index (χ2n) is 9.81. The minimum Gasteiger partial charge on any atom is -0.417 e. The molecule has 1 atom stereocenters. The second-order valence-corrected chi connectivity index (χ2v) is 9.81. The van der Waals surface area contributed by atoms with Gasteiger partial charge in [0.05, 0.1) is 23.6 Å². The molecule has 0 unspecified atom stereocenters. The average Bonchev–Trinajstić information content (AvgIpc) is 3.53. The fourth-order valence-electron chi connectivity index (χ4n) is 3.96. The van der Waals surface area contributed by atoms with Crippen molar-refractivity contribution in [2.75, 3.05) is 17.2 Å². The molecular formula is C26H29N9O4. The van der Waals surface area contributed by atoms with Gasteiger partial charge < -0.3 is 25.3 Å². The van der Waals surface area contributed by atoms with Crippen molar-refractivity contribution in [1.29, 1.82) is 0 Å². The van der Waals surface area contributed by atoms with Crippen molar-refractivity contribution in [3.63, 3.8) is 0 Å². The Hall–Kier alpha value is -4.62. The first-order valence-corrected chi connectivity index (χ1v) is 12.4. The summed E-state index contributed by atoms with van der Waals surface area (Å²) in [5, 5.41) is 38.0. The Morgan fingerprint density at radius 1 is 1.10 bits per heavy atom. The largest absolute Gasteiger partial charge is 0.417 e. The van der Waals surface area contributed by atoms with Crippen molar-refractivity contribution in [1.82, 2.24) is 34.9 Å². The fourth-order valence-corrected chi connectivity index (χ4v) is 3.96. The zero-order valence-corrected chi connectivity index (χ0v) is 21.9. The van der Waals surface area contributed by atoms with Crippen molar-refractivity contribution in [2.24, 2.45) is 0 Å². The molecule has 0 bridgehead atoms. The molecule has 202 valence electrons. The molecule has 0 saturated heterocycles. The molecular weight excluding hydrogens is 502 g/mol. The molecule has 5 rings (SSSR count). The van der Waals surface area contributed by atoms with E-state index in [2.05, 4.69) is 40.9 Å². The minimum absolute atomic E-state index is 0.000817. The number of aromatic amines is 1. The van der Waals surface area contributed by atoms with E-state index >= 15 is 0 Å². The number of hydrogen-bond acceptors (Lipinski definition) is 11. The maximum atomic E-state index is 12.3. The Morgan fingerprint density at radius 2 is 1.87 bits per heavy atom. The van der Waals surface area contributed by atoms with Crippen molar-refractivity contribution in [3.8, 4) is 11.5 Å². The second kappa shape index (κ2) is 10.3. The zero-order valence-electron chi connectivity index (χ0n) is 21.9. The summed E-state index contributed by atoms with van der Waals surface area (Å²) in [5.41, 5.74) is 0.168. The molecule has 13 nitrogen and oxygen atoms in total. The predicted molar refractivity (Wildman–Crippen MR) is 144 cm³/mol. The molecule has 5 N–H and O–H groups in total. The molecule has 4 aromatic heterocycles. The first-order valence-electron chi connectivity index (χ1n) is 12.4. The van der Waals surface area contributed by atoms with Crippen LogP contribution in [-0.2, 0) is 5.60 Å². The third kappa shape index (κ3) is 5.35. The number of pyridine rings is 1. The summed E-state index contributed by atoms with van der Waals surface area (Å²) in [4.78, 5) is 25.9. The number of benzene rings is 1. The molecule has 0 radical (unpaired) electrons. The van der Waals surface area contributed by atoms with E-state index < -0.39 is 11.6 Å². The third-order valence-corrected chi connectivity index (χ3v) is 5.99. The van der Waals surface area contributed by atoms with Crippen molar-refractivity contribution >= 4 is 28.6 Å². The Labute approximate surface area is 223 Å². The maximum absolute atomic E-state index is 12.3. The van der Waals surface area contributed by atoms with Crippen molar-refractivity contribution in [2.45, 2.75) is 45.4 Å². The highest BCUT2D eigenvalue weighted by molar-refractivity contribution is 5.77. The van der Waals surface area contributed by atoms with E-state index in [-0.39, 0.29) is 35.9 Å². The highest BCUT2D eigenvalue weighted by atomic mass is 16.4. The van der Waals surface area contributed by atoms with Gasteiger partial charge >= 0.3 is 0 Å². The lowest BCUT2D eigenvalue weighted by Crippen LogP contribution is -2.17. The van der Waals surface area contributed by atoms with Gasteiger partial charge in [-0.2, -0.15) is 4.98 Å². The van der Waals surface area contributed by atoms with Gasteiger partial charge in [0, 0.05) is 12.2 Å². The average molecular weight is 532 g/mol. The van der Waals surface area contributed by atoms with Crippen molar-refractivity contribution < 1.29 is 14.6 Å². The van der Waals surface area contributed by atoms with Crippen LogP contribution >= 0.6 is 0 Å². The van der Waals surface area contributed by atoms with Crippen LogP contribution in [0.4, 0.5) is 17.6 Å². The van der Waals surface area contributed by atoms with Crippen LogP contribution in [0.25, 0.3) is 22.5 Å². The molecule has 1 aromatic carbocycles. The van der Waals surface area contributed by atoms with Crippen LogP contribution in [0.2, 0.25) is 0 Å². The molecule has 0 amide bonds. The lowest BCUT2D eigenvalue weighted by Gasteiger charge is -2.19. The molecule has 13 heteroatoms. The summed E-state index contributed by atoms with van der Waals surface area (Å²) in [6, 6.07) is 12.3. The number of aliphatic hydroxyl groups is 2. The van der Waals surface area contributed by atoms with Crippen LogP contribution in [0.1, 0.15) is 51.2 Å². The first-order chi connectivity index (χ1) is 18.6. The summed E-state index contributed by atoms with van der Waals surface area (Å²) in [5.74, 6) is 1.07. The van der Waals surface area contributed by atoms with E-state index in [1.807, 2.05) is 44.2 Å². The molecule has 0 aliphatic heterocycles. The van der Waals surface area contributed by atoms with E-state index in [0.717, 1.165) is 5.56 Å². The molecule has 0 fully saturated rings. The molecule has 4 heterocycles. The Bertz CT molecular complexity index is 1650. The Kier molecular flexibility index (Phi) is 6.85. The lowest BCUT2D eigenvalue weighted by molar-refractivity contribution is 0.0488. The standard InChI is InChI=1S/C26H29N9O4/c1-14(2)35-21-16(22(37)34-35)10-11-19(29-21)30-25-27-12-17(23-32-33-24(39-23)26(3,4)38)20(31-25)28-18(13-36)15-8-6-5-7-9-15/h5-12,14,18,36,38H,13H2,1-4H3,(H,34,37)(H2,27,28,29,30,31)/t18-/m1/s1. The number of anilines is 3. The van der Waals surface area contributed by atoms with Crippen LogP contribution in [0.5, 0.6) is 0 Å². The van der Waals surface area contributed by atoms with E-state index in [1.54, 1.807) is 16.8 Å². The van der Waals surface area contributed by atoms with Gasteiger partial charge in [0.15, 0.2) is 5.65 Å². The van der Waals surface area contributed by atoms with E-state index in [9.17, 15) is 15.0 Å². The highest BCUT2D eigenvalue weighted by Crippen LogP contribution is 2.31. The molecule has 39 heavy (non-hydrogen) atoms. The quantitative estimate of drug-likeness (QED) is 0.188. The summed E-state index contributed by atoms with van der Waals surface area (Å²) < 4.78 is 7.41. The topological polar surface area (TPSA) is 180 Å². The van der Waals surface area contributed by atoms with Crippen molar-refractivity contribution in [3.05, 3.63) is 70.5 Å². The van der Waals surface area contributed by atoms with Gasteiger partial charge in [-0.25, -0.2) is 9.97 Å². The maximum Gasteiger partial charge on any atom is 0.273 e. The number of hydrogen-bond donors (Lipinski definition) is 5. The normalized spacial score (nSPS) is 12.7. The summed E-state index contributed by atoms with van der Waals surface area (Å²) >= 11 is 0. The summed E-state index contributed by atoms with van der Waals surface area (Å²) in [6.07, 6.45) is 1.50. The van der Waals surface area contributed by atoms with Gasteiger partial charge in [-0.1, -0.05) is 30.3 Å². The molecule has 5 aromatic rings. The summed E-state index contributed by atoms with van der Waals surface area (Å²) in [6.45, 7) is 6.76. The van der Waals surface area contributed by atoms with Crippen LogP contribution in [0.15, 0.2) is 57.9 Å². The molecule has 0 aliphatic rings. The Balaban J connectivity index is 1.54.